The minimum absolute atomic E-state index is 0.532. The highest BCUT2D eigenvalue weighted by molar-refractivity contribution is 5.81. The van der Waals surface area contributed by atoms with Crippen LogP contribution in [0.15, 0.2) is 28.7 Å². The maximum absolute atomic E-state index is 6.23. The molecule has 2 atom stereocenters. The second kappa shape index (κ2) is 6.01. The lowest BCUT2D eigenvalue weighted by atomic mass is 9.92. The third-order valence-corrected chi connectivity index (χ3v) is 4.61. The van der Waals surface area contributed by atoms with E-state index in [1.54, 1.807) is 0 Å². The molecule has 0 amide bonds. The molecule has 2 nitrogen and oxygen atoms in total. The van der Waals surface area contributed by atoms with E-state index in [1.165, 1.54) is 48.8 Å². The molecule has 3 rings (SSSR count). The minimum Gasteiger partial charge on any atom is -0.460 e. The van der Waals surface area contributed by atoms with E-state index in [0.29, 0.717) is 12.0 Å². The molecule has 0 radical (unpaired) electrons. The van der Waals surface area contributed by atoms with Gasteiger partial charge in [-0.2, -0.15) is 0 Å². The van der Waals surface area contributed by atoms with Gasteiger partial charge in [-0.25, -0.2) is 0 Å². The van der Waals surface area contributed by atoms with Gasteiger partial charge in [0.1, 0.15) is 11.3 Å². The number of fused-ring (bicyclic) bond motifs is 1. The van der Waals surface area contributed by atoms with Crippen LogP contribution in [0.3, 0.4) is 0 Å². The Morgan fingerprint density at radius 3 is 2.85 bits per heavy atom. The SMILES string of the molecule is CCNC1CCCCCC1c1cc2cccc(C)c2o1. The molecular weight excluding hydrogens is 246 g/mol. The van der Waals surface area contributed by atoms with Crippen LogP contribution < -0.4 is 5.32 Å². The highest BCUT2D eigenvalue weighted by Gasteiger charge is 2.27. The Morgan fingerprint density at radius 1 is 1.20 bits per heavy atom. The highest BCUT2D eigenvalue weighted by atomic mass is 16.3. The number of hydrogen-bond acceptors (Lipinski definition) is 2. The Balaban J connectivity index is 1.96. The lowest BCUT2D eigenvalue weighted by Crippen LogP contribution is -2.33. The van der Waals surface area contributed by atoms with Crippen molar-refractivity contribution in [3.63, 3.8) is 0 Å². The summed E-state index contributed by atoms with van der Waals surface area (Å²) in [6.45, 7) is 5.37. The summed E-state index contributed by atoms with van der Waals surface area (Å²) >= 11 is 0. The molecule has 108 valence electrons. The predicted octanol–water partition coefficient (Wildman–Crippen LogP) is 4.77. The van der Waals surface area contributed by atoms with E-state index in [1.807, 2.05) is 0 Å². The molecule has 20 heavy (non-hydrogen) atoms. The average Bonchev–Trinajstić information content (AvgIpc) is 2.74. The number of hydrogen-bond donors (Lipinski definition) is 1. The Bertz CT molecular complexity index is 572. The van der Waals surface area contributed by atoms with Crippen molar-refractivity contribution in [2.24, 2.45) is 0 Å². The summed E-state index contributed by atoms with van der Waals surface area (Å²) < 4.78 is 6.23. The van der Waals surface area contributed by atoms with Gasteiger partial charge in [-0.1, -0.05) is 44.4 Å². The van der Waals surface area contributed by atoms with Gasteiger partial charge in [-0.3, -0.25) is 0 Å². The fourth-order valence-corrected chi connectivity index (χ4v) is 3.57. The number of likely N-dealkylation sites (N-methyl/N-ethyl adjacent to an activating group) is 1. The smallest absolute Gasteiger partial charge is 0.137 e. The zero-order chi connectivity index (χ0) is 13.9. The van der Waals surface area contributed by atoms with Crippen LogP contribution in [-0.4, -0.2) is 12.6 Å². The molecule has 2 unspecified atom stereocenters. The normalized spacial score (nSPS) is 23.9. The molecule has 1 aromatic heterocycles. The summed E-state index contributed by atoms with van der Waals surface area (Å²) in [7, 11) is 0. The van der Waals surface area contributed by atoms with Crippen molar-refractivity contribution >= 4 is 11.0 Å². The Morgan fingerprint density at radius 2 is 2.05 bits per heavy atom. The molecule has 0 bridgehead atoms. The van der Waals surface area contributed by atoms with Crippen LogP contribution in [0.2, 0.25) is 0 Å². The van der Waals surface area contributed by atoms with Crippen molar-refractivity contribution in [3.8, 4) is 0 Å². The second-order valence-corrected chi connectivity index (χ2v) is 6.05. The number of para-hydroxylation sites is 1. The summed E-state index contributed by atoms with van der Waals surface area (Å²) in [6.07, 6.45) is 6.54. The maximum atomic E-state index is 6.23. The zero-order valence-electron chi connectivity index (χ0n) is 12.6. The van der Waals surface area contributed by atoms with Crippen molar-refractivity contribution in [1.29, 1.82) is 0 Å². The van der Waals surface area contributed by atoms with E-state index in [2.05, 4.69) is 43.4 Å². The van der Waals surface area contributed by atoms with E-state index in [4.69, 9.17) is 4.42 Å². The summed E-state index contributed by atoms with van der Waals surface area (Å²) in [5.41, 5.74) is 2.31. The van der Waals surface area contributed by atoms with Gasteiger partial charge in [-0.05, 0) is 37.9 Å². The topological polar surface area (TPSA) is 25.2 Å². The van der Waals surface area contributed by atoms with Crippen LogP contribution >= 0.6 is 0 Å². The molecule has 0 saturated heterocycles. The van der Waals surface area contributed by atoms with Crippen LogP contribution in [0.4, 0.5) is 0 Å². The summed E-state index contributed by atoms with van der Waals surface area (Å²) in [5, 5.41) is 4.92. The number of benzene rings is 1. The number of rotatable bonds is 3. The first kappa shape index (κ1) is 13.7. The van der Waals surface area contributed by atoms with Crippen LogP contribution in [-0.2, 0) is 0 Å². The van der Waals surface area contributed by atoms with Crippen molar-refractivity contribution in [2.75, 3.05) is 6.54 Å². The van der Waals surface area contributed by atoms with Crippen LogP contribution in [0, 0.1) is 6.92 Å². The molecular formula is C18H25NO. The molecule has 2 aromatic rings. The molecule has 0 aliphatic heterocycles. The maximum Gasteiger partial charge on any atom is 0.137 e. The van der Waals surface area contributed by atoms with Gasteiger partial charge in [0.25, 0.3) is 0 Å². The first-order valence-corrected chi connectivity index (χ1v) is 8.02. The van der Waals surface area contributed by atoms with E-state index >= 15 is 0 Å². The van der Waals surface area contributed by atoms with E-state index in [-0.39, 0.29) is 0 Å². The van der Waals surface area contributed by atoms with Crippen molar-refractivity contribution < 1.29 is 4.42 Å². The average molecular weight is 271 g/mol. The minimum atomic E-state index is 0.532. The lowest BCUT2D eigenvalue weighted by molar-refractivity contribution is 0.368. The van der Waals surface area contributed by atoms with Crippen LogP contribution in [0.25, 0.3) is 11.0 Å². The molecule has 1 saturated carbocycles. The highest BCUT2D eigenvalue weighted by Crippen LogP contribution is 2.35. The molecule has 1 aliphatic carbocycles. The predicted molar refractivity (Wildman–Crippen MR) is 84.2 cm³/mol. The third-order valence-electron chi connectivity index (χ3n) is 4.61. The van der Waals surface area contributed by atoms with Crippen molar-refractivity contribution in [2.45, 2.75) is 57.9 Å². The van der Waals surface area contributed by atoms with E-state index in [0.717, 1.165) is 12.1 Å². The van der Waals surface area contributed by atoms with E-state index < -0.39 is 0 Å². The zero-order valence-corrected chi connectivity index (χ0v) is 12.6. The van der Waals surface area contributed by atoms with Gasteiger partial charge in [0.15, 0.2) is 0 Å². The van der Waals surface area contributed by atoms with Gasteiger partial charge in [0.05, 0.1) is 0 Å². The van der Waals surface area contributed by atoms with Gasteiger partial charge in [0.2, 0.25) is 0 Å². The third kappa shape index (κ3) is 2.62. The van der Waals surface area contributed by atoms with Crippen molar-refractivity contribution in [3.05, 3.63) is 35.6 Å². The van der Waals surface area contributed by atoms with E-state index in [9.17, 15) is 0 Å². The second-order valence-electron chi connectivity index (χ2n) is 6.05. The molecule has 1 heterocycles. The number of furan rings is 1. The molecule has 1 aliphatic rings. The summed E-state index contributed by atoms with van der Waals surface area (Å²) in [4.78, 5) is 0. The van der Waals surface area contributed by atoms with Crippen LogP contribution in [0.5, 0.6) is 0 Å². The first-order valence-electron chi connectivity index (χ1n) is 8.02. The molecule has 1 fully saturated rings. The summed E-state index contributed by atoms with van der Waals surface area (Å²) in [6, 6.07) is 9.25. The van der Waals surface area contributed by atoms with Crippen molar-refractivity contribution in [1.82, 2.24) is 5.32 Å². The molecule has 1 N–H and O–H groups in total. The molecule has 0 spiro atoms. The molecule has 1 aromatic carbocycles. The monoisotopic (exact) mass is 271 g/mol. The largest absolute Gasteiger partial charge is 0.460 e. The fourth-order valence-electron chi connectivity index (χ4n) is 3.57. The van der Waals surface area contributed by atoms with Gasteiger partial charge in [-0.15, -0.1) is 0 Å². The van der Waals surface area contributed by atoms with Gasteiger partial charge >= 0.3 is 0 Å². The number of nitrogens with one attached hydrogen (secondary N) is 1. The standard InChI is InChI=1S/C18H25NO/c1-3-19-16-11-6-4-5-10-15(16)17-12-14-9-7-8-13(2)18(14)20-17/h7-9,12,15-16,19H,3-6,10-11H2,1-2H3. The Labute approximate surface area is 121 Å². The fraction of sp³-hybridized carbons (Fsp3) is 0.556. The quantitative estimate of drug-likeness (QED) is 0.814. The molecule has 2 heteroatoms. The van der Waals surface area contributed by atoms with Gasteiger partial charge in [0, 0.05) is 17.3 Å². The first-order chi connectivity index (χ1) is 9.79. The van der Waals surface area contributed by atoms with Gasteiger partial charge < -0.3 is 9.73 Å². The summed E-state index contributed by atoms with van der Waals surface area (Å²) in [5.74, 6) is 1.71. The number of aryl methyl sites for hydroxylation is 1. The lowest BCUT2D eigenvalue weighted by Gasteiger charge is -2.24. The van der Waals surface area contributed by atoms with Crippen LogP contribution in [0.1, 0.15) is 56.3 Å². The Hall–Kier alpha value is -1.28. The Kier molecular flexibility index (Phi) is 4.11.